The first-order valence-electron chi connectivity index (χ1n) is 7.38. The second-order valence-electron chi connectivity index (χ2n) is 5.81. The fourth-order valence-corrected chi connectivity index (χ4v) is 2.98. The highest BCUT2D eigenvalue weighted by Gasteiger charge is 2.13. The van der Waals surface area contributed by atoms with Gasteiger partial charge in [0, 0.05) is 11.1 Å². The average Bonchev–Trinajstić information content (AvgIpc) is 2.49. The van der Waals surface area contributed by atoms with Crippen LogP contribution in [0.3, 0.4) is 0 Å². The molecule has 4 bridgehead atoms. The molecule has 2 nitrogen and oxygen atoms in total. The van der Waals surface area contributed by atoms with Gasteiger partial charge in [-0.3, -0.25) is 0 Å². The van der Waals surface area contributed by atoms with Gasteiger partial charge >= 0.3 is 0 Å². The molecule has 0 saturated heterocycles. The van der Waals surface area contributed by atoms with Crippen molar-refractivity contribution in [3.63, 3.8) is 0 Å². The van der Waals surface area contributed by atoms with E-state index in [0.29, 0.717) is 11.5 Å². The van der Waals surface area contributed by atoms with Gasteiger partial charge in [-0.2, -0.15) is 0 Å². The molecule has 0 fully saturated rings. The van der Waals surface area contributed by atoms with E-state index in [1.807, 2.05) is 26.0 Å². The minimum absolute atomic E-state index is 0.297. The molecule has 0 amide bonds. The summed E-state index contributed by atoms with van der Waals surface area (Å²) in [4.78, 5) is 0. The molecule has 0 saturated carbocycles. The van der Waals surface area contributed by atoms with E-state index in [2.05, 4.69) is 12.1 Å². The summed E-state index contributed by atoms with van der Waals surface area (Å²) in [7, 11) is 0. The Hall–Kier alpha value is -2.22. The molecule has 0 spiro atoms. The molecule has 0 aliphatic heterocycles. The second kappa shape index (κ2) is 5.28. The quantitative estimate of drug-likeness (QED) is 0.744. The van der Waals surface area contributed by atoms with Crippen molar-refractivity contribution < 1.29 is 10.2 Å². The molecule has 0 atom stereocenters. The summed E-state index contributed by atoms with van der Waals surface area (Å²) in [5.74, 6) is 0.594. The van der Waals surface area contributed by atoms with Crippen molar-refractivity contribution in [1.29, 1.82) is 0 Å². The van der Waals surface area contributed by atoms with Crippen molar-refractivity contribution in [2.75, 3.05) is 0 Å². The lowest BCUT2D eigenvalue weighted by atomic mass is 9.94. The van der Waals surface area contributed by atoms with Crippen molar-refractivity contribution in [2.45, 2.75) is 33.1 Å². The van der Waals surface area contributed by atoms with E-state index in [4.69, 9.17) is 0 Å². The van der Waals surface area contributed by atoms with Crippen molar-refractivity contribution >= 4 is 11.1 Å². The normalized spacial score (nSPS) is 18.2. The van der Waals surface area contributed by atoms with Gasteiger partial charge in [-0.25, -0.2) is 0 Å². The van der Waals surface area contributed by atoms with Crippen molar-refractivity contribution in [1.82, 2.24) is 0 Å². The van der Waals surface area contributed by atoms with Crippen molar-refractivity contribution in [3.05, 3.63) is 58.7 Å². The van der Waals surface area contributed by atoms with Crippen molar-refractivity contribution in [3.8, 4) is 11.5 Å². The lowest BCUT2D eigenvalue weighted by Crippen LogP contribution is -1.91. The van der Waals surface area contributed by atoms with Crippen LogP contribution in [0.4, 0.5) is 0 Å². The zero-order valence-corrected chi connectivity index (χ0v) is 12.5. The molecule has 0 radical (unpaired) electrons. The Kier molecular flexibility index (Phi) is 3.46. The summed E-state index contributed by atoms with van der Waals surface area (Å²) in [6, 6.07) is 11.7. The van der Waals surface area contributed by atoms with E-state index in [0.717, 1.165) is 41.5 Å². The first kappa shape index (κ1) is 13.7. The number of aryl methyl sites for hydroxylation is 2. The summed E-state index contributed by atoms with van der Waals surface area (Å²) < 4.78 is 0. The molecule has 3 rings (SSSR count). The van der Waals surface area contributed by atoms with Gasteiger partial charge < -0.3 is 10.2 Å². The number of phenols is 2. The maximum atomic E-state index is 10.2. The Bertz CT molecular complexity index is 665. The Labute approximate surface area is 125 Å². The van der Waals surface area contributed by atoms with Gasteiger partial charge in [-0.15, -0.1) is 0 Å². The number of phenolic OH excluding ortho intramolecular Hbond substituents is 2. The topological polar surface area (TPSA) is 40.5 Å². The molecule has 0 heterocycles. The third-order valence-corrected chi connectivity index (χ3v) is 4.42. The summed E-state index contributed by atoms with van der Waals surface area (Å²) in [5, 5.41) is 20.3. The second-order valence-corrected chi connectivity index (χ2v) is 5.81. The largest absolute Gasteiger partial charge is 0.507 e. The lowest BCUT2D eigenvalue weighted by Gasteiger charge is -2.13. The highest BCUT2D eigenvalue weighted by Crippen LogP contribution is 2.36. The number of hydrogen-bond acceptors (Lipinski definition) is 2. The van der Waals surface area contributed by atoms with E-state index in [1.54, 1.807) is 12.1 Å². The predicted molar refractivity (Wildman–Crippen MR) is 86.4 cm³/mol. The predicted octanol–water partition coefficient (Wildman–Crippen LogP) is 4.54. The van der Waals surface area contributed by atoms with Crippen LogP contribution in [0.5, 0.6) is 11.5 Å². The minimum Gasteiger partial charge on any atom is -0.507 e. The van der Waals surface area contributed by atoms with Crippen LogP contribution in [0.2, 0.25) is 0 Å². The zero-order chi connectivity index (χ0) is 15.0. The number of aromatic hydroxyl groups is 2. The third-order valence-electron chi connectivity index (χ3n) is 4.42. The van der Waals surface area contributed by atoms with Gasteiger partial charge in [-0.1, -0.05) is 12.1 Å². The molecule has 1 aliphatic rings. The number of hydrogen-bond donors (Lipinski definition) is 2. The zero-order valence-electron chi connectivity index (χ0n) is 12.5. The monoisotopic (exact) mass is 280 g/mol. The van der Waals surface area contributed by atoms with Crippen LogP contribution in [0.15, 0.2) is 36.4 Å². The molecular weight excluding hydrogens is 260 g/mol. The maximum absolute atomic E-state index is 10.2. The maximum Gasteiger partial charge on any atom is 0.123 e. The summed E-state index contributed by atoms with van der Waals surface area (Å²) in [6.07, 6.45) is 3.05. The third kappa shape index (κ3) is 2.54. The molecule has 108 valence electrons. The summed E-state index contributed by atoms with van der Waals surface area (Å²) in [6.45, 7) is 4.00. The van der Waals surface area contributed by atoms with Gasteiger partial charge in [0.05, 0.1) is 0 Å². The molecule has 2 N–H and O–H groups in total. The molecule has 1 aliphatic carbocycles. The van der Waals surface area contributed by atoms with E-state index < -0.39 is 0 Å². The molecule has 21 heavy (non-hydrogen) atoms. The fourth-order valence-electron chi connectivity index (χ4n) is 2.98. The first-order chi connectivity index (χ1) is 10.1. The van der Waals surface area contributed by atoms with Crippen LogP contribution in [0.25, 0.3) is 11.1 Å². The standard InChI is InChI=1S/C19H20O2/c1-12-13(2)17-11-15(7-9-19(17)21)5-3-4-14-6-8-18(20)16(12)10-14/h6-11,20-21H,3-5H2,1-2H3/b13-12-. The Morgan fingerprint density at radius 1 is 0.714 bits per heavy atom. The van der Waals surface area contributed by atoms with Crippen LogP contribution in [0, 0.1) is 0 Å². The molecule has 2 aromatic rings. The van der Waals surface area contributed by atoms with E-state index >= 15 is 0 Å². The molecule has 2 aromatic carbocycles. The number of fused-ring (bicyclic) bond motifs is 4. The van der Waals surface area contributed by atoms with E-state index in [-0.39, 0.29) is 0 Å². The Balaban J connectivity index is 2.26. The SMILES string of the molecule is C/C1=C(\C)c2cc(ccc2O)CCCc2ccc(O)c1c2. The van der Waals surface area contributed by atoms with Crippen LogP contribution in [0.1, 0.15) is 42.5 Å². The molecule has 2 heteroatoms. The number of allylic oxidation sites excluding steroid dienone is 2. The molecular formula is C19H20O2. The summed E-state index contributed by atoms with van der Waals surface area (Å²) >= 11 is 0. The Morgan fingerprint density at radius 3 is 1.57 bits per heavy atom. The Morgan fingerprint density at radius 2 is 1.14 bits per heavy atom. The van der Waals surface area contributed by atoms with E-state index in [1.165, 1.54) is 11.1 Å². The lowest BCUT2D eigenvalue weighted by molar-refractivity contribution is 0.472. The van der Waals surface area contributed by atoms with Gasteiger partial charge in [-0.05, 0) is 79.6 Å². The highest BCUT2D eigenvalue weighted by molar-refractivity contribution is 5.92. The van der Waals surface area contributed by atoms with Gasteiger partial charge in [0.2, 0.25) is 0 Å². The number of rotatable bonds is 0. The van der Waals surface area contributed by atoms with Crippen LogP contribution < -0.4 is 0 Å². The minimum atomic E-state index is 0.297. The fraction of sp³-hybridized carbons (Fsp3) is 0.263. The smallest absolute Gasteiger partial charge is 0.123 e. The molecule has 0 aromatic heterocycles. The molecule has 0 unspecified atom stereocenters. The summed E-state index contributed by atoms with van der Waals surface area (Å²) in [5.41, 5.74) is 6.21. The average molecular weight is 280 g/mol. The van der Waals surface area contributed by atoms with Crippen LogP contribution in [-0.2, 0) is 12.8 Å². The van der Waals surface area contributed by atoms with E-state index in [9.17, 15) is 10.2 Å². The van der Waals surface area contributed by atoms with Gasteiger partial charge in [0.15, 0.2) is 0 Å². The van der Waals surface area contributed by atoms with Crippen molar-refractivity contribution in [2.24, 2.45) is 0 Å². The highest BCUT2D eigenvalue weighted by atomic mass is 16.3. The first-order valence-corrected chi connectivity index (χ1v) is 7.38. The van der Waals surface area contributed by atoms with Crippen LogP contribution >= 0.6 is 0 Å². The van der Waals surface area contributed by atoms with Gasteiger partial charge in [0.1, 0.15) is 11.5 Å². The van der Waals surface area contributed by atoms with Crippen LogP contribution in [-0.4, -0.2) is 10.2 Å². The number of benzene rings is 2. The van der Waals surface area contributed by atoms with Gasteiger partial charge in [0.25, 0.3) is 0 Å².